The lowest BCUT2D eigenvalue weighted by molar-refractivity contribution is 0.637. The van der Waals surface area contributed by atoms with E-state index in [1.165, 1.54) is 6.07 Å². The van der Waals surface area contributed by atoms with Crippen molar-refractivity contribution >= 4 is 21.8 Å². The average Bonchev–Trinajstić information content (AvgIpc) is 3.01. The third-order valence-electron chi connectivity index (χ3n) is 4.91. The SMILES string of the molecule is Cc1ccc2c(-c3[nH]c4c(F)cccc4c3CCCCN)cccc2n1. The van der Waals surface area contributed by atoms with Gasteiger partial charge in [0.2, 0.25) is 0 Å². The number of pyridine rings is 1. The number of H-pyrrole nitrogens is 1. The lowest BCUT2D eigenvalue weighted by Gasteiger charge is -2.09. The van der Waals surface area contributed by atoms with Crippen LogP contribution in [0.2, 0.25) is 0 Å². The van der Waals surface area contributed by atoms with Gasteiger partial charge in [-0.3, -0.25) is 4.98 Å². The standard InChI is InChI=1S/C22H22FN3/c1-14-11-12-15-16(8-5-10-20(15)25-14)21-17(6-2-3-13-24)18-7-4-9-19(23)22(18)26-21/h4-5,7-12,26H,2-3,6,13,24H2,1H3. The molecule has 0 spiro atoms. The van der Waals surface area contributed by atoms with Gasteiger partial charge in [0, 0.05) is 22.0 Å². The first-order valence-electron chi connectivity index (χ1n) is 9.05. The summed E-state index contributed by atoms with van der Waals surface area (Å²) >= 11 is 0. The van der Waals surface area contributed by atoms with Crippen LogP contribution in [0.25, 0.3) is 33.1 Å². The lowest BCUT2D eigenvalue weighted by atomic mass is 9.97. The van der Waals surface area contributed by atoms with Gasteiger partial charge in [-0.2, -0.15) is 0 Å². The van der Waals surface area contributed by atoms with Crippen LogP contribution in [0, 0.1) is 12.7 Å². The van der Waals surface area contributed by atoms with E-state index < -0.39 is 0 Å². The minimum atomic E-state index is -0.219. The molecule has 0 saturated heterocycles. The molecule has 0 amide bonds. The van der Waals surface area contributed by atoms with Gasteiger partial charge in [0.1, 0.15) is 5.82 Å². The number of hydrogen-bond acceptors (Lipinski definition) is 2. The van der Waals surface area contributed by atoms with Crippen molar-refractivity contribution in [2.45, 2.75) is 26.2 Å². The van der Waals surface area contributed by atoms with E-state index >= 15 is 0 Å². The topological polar surface area (TPSA) is 54.7 Å². The van der Waals surface area contributed by atoms with E-state index in [2.05, 4.69) is 22.1 Å². The summed E-state index contributed by atoms with van der Waals surface area (Å²) in [6.07, 6.45) is 2.80. The van der Waals surface area contributed by atoms with Crippen LogP contribution in [-0.2, 0) is 6.42 Å². The summed E-state index contributed by atoms with van der Waals surface area (Å²) < 4.78 is 14.4. The van der Waals surface area contributed by atoms with E-state index in [9.17, 15) is 4.39 Å². The maximum atomic E-state index is 14.4. The minimum absolute atomic E-state index is 0.219. The summed E-state index contributed by atoms with van der Waals surface area (Å²) in [6, 6.07) is 15.5. The largest absolute Gasteiger partial charge is 0.352 e. The molecule has 26 heavy (non-hydrogen) atoms. The summed E-state index contributed by atoms with van der Waals surface area (Å²) in [4.78, 5) is 7.98. The molecule has 0 aliphatic carbocycles. The van der Waals surface area contributed by atoms with Gasteiger partial charge in [0.05, 0.1) is 16.7 Å². The van der Waals surface area contributed by atoms with Gasteiger partial charge < -0.3 is 10.7 Å². The number of halogens is 1. The lowest BCUT2D eigenvalue weighted by Crippen LogP contribution is -1.99. The first kappa shape index (κ1) is 16.7. The number of aromatic amines is 1. The van der Waals surface area contributed by atoms with E-state index in [0.29, 0.717) is 12.1 Å². The molecule has 0 radical (unpaired) electrons. The molecule has 0 aliphatic heterocycles. The van der Waals surface area contributed by atoms with E-state index in [4.69, 9.17) is 5.73 Å². The van der Waals surface area contributed by atoms with Crippen molar-refractivity contribution in [2.75, 3.05) is 6.54 Å². The zero-order chi connectivity index (χ0) is 18.1. The van der Waals surface area contributed by atoms with Crippen LogP contribution in [0.15, 0.2) is 48.5 Å². The van der Waals surface area contributed by atoms with Crippen LogP contribution in [0.3, 0.4) is 0 Å². The molecule has 0 bridgehead atoms. The predicted molar refractivity (Wildman–Crippen MR) is 106 cm³/mol. The van der Waals surface area contributed by atoms with E-state index in [-0.39, 0.29) is 5.82 Å². The quantitative estimate of drug-likeness (QED) is 0.493. The average molecular weight is 347 g/mol. The second-order valence-corrected chi connectivity index (χ2v) is 6.71. The van der Waals surface area contributed by atoms with Crippen molar-refractivity contribution in [3.05, 3.63) is 65.6 Å². The number of aryl methyl sites for hydroxylation is 2. The number of para-hydroxylation sites is 1. The maximum absolute atomic E-state index is 14.4. The van der Waals surface area contributed by atoms with Crippen molar-refractivity contribution in [3.63, 3.8) is 0 Å². The number of nitrogens with zero attached hydrogens (tertiary/aromatic N) is 1. The number of unbranched alkanes of at least 4 members (excludes halogenated alkanes) is 1. The number of benzene rings is 2. The second-order valence-electron chi connectivity index (χ2n) is 6.71. The van der Waals surface area contributed by atoms with Gasteiger partial charge in [-0.1, -0.05) is 30.3 Å². The molecule has 0 aliphatic rings. The van der Waals surface area contributed by atoms with E-state index in [0.717, 1.165) is 58.1 Å². The van der Waals surface area contributed by atoms with Crippen molar-refractivity contribution in [1.29, 1.82) is 0 Å². The van der Waals surface area contributed by atoms with Gasteiger partial charge in [-0.25, -0.2) is 4.39 Å². The van der Waals surface area contributed by atoms with Crippen LogP contribution in [0.1, 0.15) is 24.1 Å². The Morgan fingerprint density at radius 1 is 1.00 bits per heavy atom. The molecule has 4 rings (SSSR count). The van der Waals surface area contributed by atoms with Crippen molar-refractivity contribution in [1.82, 2.24) is 9.97 Å². The first-order chi connectivity index (χ1) is 12.7. The van der Waals surface area contributed by atoms with Crippen LogP contribution in [0.4, 0.5) is 4.39 Å². The minimum Gasteiger partial charge on any atom is -0.352 e. The molecular formula is C22H22FN3. The highest BCUT2D eigenvalue weighted by Gasteiger charge is 2.17. The molecular weight excluding hydrogens is 325 g/mol. The van der Waals surface area contributed by atoms with E-state index in [1.807, 2.05) is 31.2 Å². The number of aromatic nitrogens is 2. The molecule has 0 unspecified atom stereocenters. The third-order valence-corrected chi connectivity index (χ3v) is 4.91. The van der Waals surface area contributed by atoms with Crippen LogP contribution < -0.4 is 5.73 Å². The fourth-order valence-corrected chi connectivity index (χ4v) is 3.65. The molecule has 0 atom stereocenters. The highest BCUT2D eigenvalue weighted by Crippen LogP contribution is 2.36. The van der Waals surface area contributed by atoms with Crippen LogP contribution >= 0.6 is 0 Å². The predicted octanol–water partition coefficient (Wildman–Crippen LogP) is 5.11. The summed E-state index contributed by atoms with van der Waals surface area (Å²) in [5.74, 6) is -0.219. The smallest absolute Gasteiger partial charge is 0.147 e. The highest BCUT2D eigenvalue weighted by molar-refractivity contribution is 5.99. The Kier molecular flexibility index (Phi) is 4.43. The van der Waals surface area contributed by atoms with Crippen LogP contribution in [-0.4, -0.2) is 16.5 Å². The Morgan fingerprint density at radius 2 is 1.85 bits per heavy atom. The second kappa shape index (κ2) is 6.89. The Balaban J connectivity index is 1.96. The normalized spacial score (nSPS) is 11.5. The molecule has 3 N–H and O–H groups in total. The van der Waals surface area contributed by atoms with Crippen molar-refractivity contribution in [2.24, 2.45) is 5.73 Å². The molecule has 0 fully saturated rings. The fraction of sp³-hybridized carbons (Fsp3) is 0.227. The van der Waals surface area contributed by atoms with Gasteiger partial charge in [0.25, 0.3) is 0 Å². The zero-order valence-corrected chi connectivity index (χ0v) is 14.8. The van der Waals surface area contributed by atoms with Gasteiger partial charge in [0.15, 0.2) is 0 Å². The number of nitrogens with one attached hydrogen (secondary N) is 1. The highest BCUT2D eigenvalue weighted by atomic mass is 19.1. The van der Waals surface area contributed by atoms with Gasteiger partial charge in [-0.15, -0.1) is 0 Å². The molecule has 132 valence electrons. The summed E-state index contributed by atoms with van der Waals surface area (Å²) in [5.41, 5.74) is 11.4. The molecule has 2 aromatic heterocycles. The van der Waals surface area contributed by atoms with Gasteiger partial charge in [-0.05, 0) is 56.5 Å². The van der Waals surface area contributed by atoms with Crippen LogP contribution in [0.5, 0.6) is 0 Å². The van der Waals surface area contributed by atoms with Crippen molar-refractivity contribution < 1.29 is 4.39 Å². The summed E-state index contributed by atoms with van der Waals surface area (Å²) in [7, 11) is 0. The summed E-state index contributed by atoms with van der Waals surface area (Å²) in [5, 5.41) is 2.03. The molecule has 2 aromatic carbocycles. The Bertz CT molecular complexity index is 1080. The Morgan fingerprint density at radius 3 is 2.69 bits per heavy atom. The van der Waals surface area contributed by atoms with E-state index in [1.54, 1.807) is 6.07 Å². The molecule has 4 heteroatoms. The van der Waals surface area contributed by atoms with Gasteiger partial charge >= 0.3 is 0 Å². The molecule has 4 aromatic rings. The number of nitrogens with two attached hydrogens (primary N) is 1. The zero-order valence-electron chi connectivity index (χ0n) is 14.8. The third kappa shape index (κ3) is 2.86. The monoisotopic (exact) mass is 347 g/mol. The maximum Gasteiger partial charge on any atom is 0.147 e. The fourth-order valence-electron chi connectivity index (χ4n) is 3.65. The first-order valence-corrected chi connectivity index (χ1v) is 9.05. The summed E-state index contributed by atoms with van der Waals surface area (Å²) in [6.45, 7) is 2.66. The molecule has 0 saturated carbocycles. The molecule has 2 heterocycles. The number of rotatable bonds is 5. The Hall–Kier alpha value is -2.72. The Labute approximate surface area is 152 Å². The van der Waals surface area contributed by atoms with Crippen molar-refractivity contribution in [3.8, 4) is 11.3 Å². The number of hydrogen-bond donors (Lipinski definition) is 2. The number of fused-ring (bicyclic) bond motifs is 2. The molecule has 3 nitrogen and oxygen atoms in total.